The van der Waals surface area contributed by atoms with Crippen LogP contribution in [0.15, 0.2) is 48.3 Å². The molecule has 0 radical (unpaired) electrons. The number of hydrogen-bond donors (Lipinski definition) is 3. The number of likely N-dealkylation sites (N-methyl/N-ethyl adjacent to an activating group) is 2. The van der Waals surface area contributed by atoms with Crippen molar-refractivity contribution >= 4 is 50.4 Å². The van der Waals surface area contributed by atoms with E-state index in [2.05, 4.69) is 42.5 Å². The van der Waals surface area contributed by atoms with E-state index in [0.29, 0.717) is 18.7 Å². The van der Waals surface area contributed by atoms with Crippen molar-refractivity contribution in [1.82, 2.24) is 24.8 Å². The van der Waals surface area contributed by atoms with E-state index in [0.717, 1.165) is 6.08 Å². The number of ether oxygens (including phenoxy) is 1. The van der Waals surface area contributed by atoms with Crippen molar-refractivity contribution in [3.8, 4) is 5.88 Å². The van der Waals surface area contributed by atoms with Crippen molar-refractivity contribution in [2.75, 3.05) is 61.7 Å². The summed E-state index contributed by atoms with van der Waals surface area (Å²) in [6, 6.07) is 4.44. The highest BCUT2D eigenvalue weighted by Crippen LogP contribution is 2.36. The molecule has 0 aliphatic rings. The number of nitrogens with one attached hydrogen (secondary N) is 3. The number of carbonyl (C=O) groups excluding carboxylic acids is 1. The summed E-state index contributed by atoms with van der Waals surface area (Å²) < 4.78 is 70.5. The lowest BCUT2D eigenvalue weighted by molar-refractivity contribution is -0.153. The Morgan fingerprint density at radius 3 is 2.42 bits per heavy atom. The van der Waals surface area contributed by atoms with Crippen LogP contribution in [-0.4, -0.2) is 91.4 Å². The highest BCUT2D eigenvalue weighted by molar-refractivity contribution is 7.92. The summed E-state index contributed by atoms with van der Waals surface area (Å²) >= 11 is 0. The van der Waals surface area contributed by atoms with Crippen LogP contribution in [0.1, 0.15) is 19.4 Å². The summed E-state index contributed by atoms with van der Waals surface area (Å²) in [6.07, 6.45) is -0.836. The van der Waals surface area contributed by atoms with Gasteiger partial charge in [-0.15, -0.1) is 0 Å². The van der Waals surface area contributed by atoms with E-state index in [9.17, 15) is 26.4 Å². The summed E-state index contributed by atoms with van der Waals surface area (Å²) in [5.74, 6) is -0.736. The second-order valence-electron chi connectivity index (χ2n) is 10.5. The second kappa shape index (κ2) is 14.5. The van der Waals surface area contributed by atoms with Gasteiger partial charge in [0.2, 0.25) is 17.7 Å². The van der Waals surface area contributed by atoms with Crippen molar-refractivity contribution in [3.05, 3.63) is 48.8 Å². The number of aryl methyl sites for hydroxylation is 1. The molecule has 0 fully saturated rings. The van der Waals surface area contributed by atoms with Gasteiger partial charge in [0.25, 0.3) is 0 Å². The van der Waals surface area contributed by atoms with Gasteiger partial charge < -0.3 is 30.5 Å². The van der Waals surface area contributed by atoms with Crippen molar-refractivity contribution in [2.24, 2.45) is 0 Å². The fourth-order valence-electron chi connectivity index (χ4n) is 3.67. The Morgan fingerprint density at radius 1 is 1.09 bits per heavy atom. The number of aromatic nitrogens is 4. The van der Waals surface area contributed by atoms with Crippen molar-refractivity contribution in [3.63, 3.8) is 0 Å². The molecule has 45 heavy (non-hydrogen) atoms. The fraction of sp³-hybridized carbons (Fsp3) is 0.393. The largest absolute Gasteiger partial charge is 0.466 e. The van der Waals surface area contributed by atoms with Crippen LogP contribution >= 0.6 is 0 Å². The third-order valence-electron chi connectivity index (χ3n) is 6.16. The minimum atomic E-state index is -4.67. The molecule has 17 heteroatoms. The Hall–Kier alpha value is -4.51. The number of amides is 1. The molecule has 1 amide bonds. The minimum Gasteiger partial charge on any atom is -0.466 e. The van der Waals surface area contributed by atoms with Gasteiger partial charge in [-0.3, -0.25) is 4.79 Å². The van der Waals surface area contributed by atoms with Gasteiger partial charge in [0.1, 0.15) is 11.5 Å². The average molecular weight is 652 g/mol. The summed E-state index contributed by atoms with van der Waals surface area (Å²) in [6.45, 7) is 7.57. The quantitative estimate of drug-likeness (QED) is 0.213. The van der Waals surface area contributed by atoms with Crippen LogP contribution in [0.4, 0.5) is 47.8 Å². The number of rotatable bonds is 14. The molecular weight excluding hydrogens is 615 g/mol. The molecule has 0 spiro atoms. The zero-order valence-corrected chi connectivity index (χ0v) is 26.5. The van der Waals surface area contributed by atoms with Gasteiger partial charge in [-0.05, 0) is 59.1 Å². The van der Waals surface area contributed by atoms with Gasteiger partial charge in [0.15, 0.2) is 27.3 Å². The second-order valence-corrected chi connectivity index (χ2v) is 12.9. The Bertz CT molecular complexity index is 1630. The minimum absolute atomic E-state index is 0.0809. The van der Waals surface area contributed by atoms with Crippen LogP contribution < -0.4 is 25.6 Å². The standard InChI is InChI=1S/C28H36F3N9O4S/c1-8-22(41)34-20-14-21(25(44-16-28(29,30)31)38-24(20)40(7)13-12-39(5)6)36-27-33-15-18(4)23(37-27)35-19-10-9-11-32-26(19)45(42,43)17(2)3/h8-11,14-15,17H,1,12-13,16H2,2-7H3,(H,34,41)(H2,33,35,36,37). The van der Waals surface area contributed by atoms with E-state index in [4.69, 9.17) is 4.74 Å². The van der Waals surface area contributed by atoms with Gasteiger partial charge in [-0.25, -0.2) is 18.4 Å². The molecule has 3 N–H and O–H groups in total. The third kappa shape index (κ3) is 9.49. The SMILES string of the molecule is C=CC(=O)Nc1cc(Nc2ncc(C)c(Nc3cccnc3S(=O)(=O)C(C)C)n2)c(OCC(F)(F)F)nc1N(C)CCN(C)C. The first-order valence-corrected chi connectivity index (χ1v) is 15.2. The molecule has 0 aromatic carbocycles. The molecular formula is C28H36F3N9O4S. The first-order valence-electron chi connectivity index (χ1n) is 13.6. The molecule has 0 saturated heterocycles. The first kappa shape index (κ1) is 35.0. The van der Waals surface area contributed by atoms with Crippen LogP contribution in [0.25, 0.3) is 0 Å². The summed E-state index contributed by atoms with van der Waals surface area (Å²) in [4.78, 5) is 32.8. The van der Waals surface area contributed by atoms with Crippen LogP contribution in [0.5, 0.6) is 5.88 Å². The monoisotopic (exact) mass is 651 g/mol. The molecule has 0 aliphatic carbocycles. The maximum absolute atomic E-state index is 13.2. The van der Waals surface area contributed by atoms with Crippen molar-refractivity contribution in [1.29, 1.82) is 0 Å². The predicted octanol–water partition coefficient (Wildman–Crippen LogP) is 4.31. The number of nitrogens with zero attached hydrogens (tertiary/aromatic N) is 6. The third-order valence-corrected chi connectivity index (χ3v) is 8.27. The van der Waals surface area contributed by atoms with E-state index in [1.165, 1.54) is 38.4 Å². The zero-order valence-electron chi connectivity index (χ0n) is 25.7. The van der Waals surface area contributed by atoms with Gasteiger partial charge >= 0.3 is 6.18 Å². The molecule has 3 rings (SSSR count). The van der Waals surface area contributed by atoms with Crippen LogP contribution in [0, 0.1) is 6.92 Å². The van der Waals surface area contributed by atoms with E-state index < -0.39 is 39.7 Å². The Labute approximate surface area is 259 Å². The molecule has 0 bridgehead atoms. The van der Waals surface area contributed by atoms with E-state index in [1.807, 2.05) is 19.0 Å². The van der Waals surface area contributed by atoms with Gasteiger partial charge in [0.05, 0.1) is 16.6 Å². The average Bonchev–Trinajstić information content (AvgIpc) is 2.96. The number of halogens is 3. The van der Waals surface area contributed by atoms with Crippen molar-refractivity contribution in [2.45, 2.75) is 37.2 Å². The first-order chi connectivity index (χ1) is 21.0. The molecule has 0 atom stereocenters. The molecule has 13 nitrogen and oxygen atoms in total. The molecule has 0 saturated carbocycles. The summed E-state index contributed by atoms with van der Waals surface area (Å²) in [5, 5.41) is 7.51. The fourth-order valence-corrected chi connectivity index (χ4v) is 4.75. The predicted molar refractivity (Wildman–Crippen MR) is 166 cm³/mol. The molecule has 3 aromatic rings. The van der Waals surface area contributed by atoms with Crippen LogP contribution in [0.2, 0.25) is 0 Å². The lowest BCUT2D eigenvalue weighted by Crippen LogP contribution is -2.30. The number of anilines is 6. The van der Waals surface area contributed by atoms with Crippen LogP contribution in [0.3, 0.4) is 0 Å². The number of pyridine rings is 2. The molecule has 3 heterocycles. The summed E-state index contributed by atoms with van der Waals surface area (Å²) in [5.41, 5.74) is 0.783. The Kier molecular flexibility index (Phi) is 11.3. The molecule has 244 valence electrons. The van der Waals surface area contributed by atoms with E-state index >= 15 is 0 Å². The van der Waals surface area contributed by atoms with Gasteiger partial charge in [-0.1, -0.05) is 6.58 Å². The lowest BCUT2D eigenvalue weighted by atomic mass is 10.3. The normalized spacial score (nSPS) is 11.8. The van der Waals surface area contributed by atoms with Crippen LogP contribution in [-0.2, 0) is 14.6 Å². The Balaban J connectivity index is 2.08. The summed E-state index contributed by atoms with van der Waals surface area (Å²) in [7, 11) is 1.63. The van der Waals surface area contributed by atoms with E-state index in [-0.39, 0.29) is 39.7 Å². The van der Waals surface area contributed by atoms with Gasteiger partial charge in [0, 0.05) is 38.1 Å². The zero-order chi connectivity index (χ0) is 33.5. The number of sulfone groups is 1. The van der Waals surface area contributed by atoms with E-state index in [1.54, 1.807) is 24.9 Å². The Morgan fingerprint density at radius 2 is 1.80 bits per heavy atom. The molecule has 0 aliphatic heterocycles. The molecule has 0 unspecified atom stereocenters. The maximum atomic E-state index is 13.2. The van der Waals surface area contributed by atoms with Gasteiger partial charge in [-0.2, -0.15) is 23.1 Å². The maximum Gasteiger partial charge on any atom is 0.422 e. The lowest BCUT2D eigenvalue weighted by Gasteiger charge is -2.25. The highest BCUT2D eigenvalue weighted by Gasteiger charge is 2.30. The topological polar surface area (TPSA) is 155 Å². The number of hydrogen-bond acceptors (Lipinski definition) is 12. The number of alkyl halides is 3. The highest BCUT2D eigenvalue weighted by atomic mass is 32.2. The molecule has 3 aromatic heterocycles. The smallest absolute Gasteiger partial charge is 0.422 e. The van der Waals surface area contributed by atoms with Crippen molar-refractivity contribution < 1.29 is 31.1 Å². The number of carbonyl (C=O) groups is 1.